The van der Waals surface area contributed by atoms with Crippen molar-refractivity contribution in [3.8, 4) is 5.75 Å². The predicted octanol–water partition coefficient (Wildman–Crippen LogP) is 1.89. The monoisotopic (exact) mass is 164 g/mol. The lowest BCUT2D eigenvalue weighted by molar-refractivity contribution is 0.167. The number of fused-ring (bicyclic) bond motifs is 1. The van der Waals surface area contributed by atoms with Gasteiger partial charge < -0.3 is 9.84 Å². The lowest BCUT2D eigenvalue weighted by Gasteiger charge is -2.09. The summed E-state index contributed by atoms with van der Waals surface area (Å²) in [5.74, 6) is 0.836. The van der Waals surface area contributed by atoms with Crippen LogP contribution in [0.25, 0.3) is 0 Å². The molecule has 1 N–H and O–H groups in total. The number of aliphatic hydroxyl groups excluding tert-OH is 1. The molecular formula is C10H12O2. The van der Waals surface area contributed by atoms with Crippen LogP contribution in [0, 0.1) is 0 Å². The molecule has 0 aromatic heterocycles. The number of para-hydroxylation sites is 1. The highest BCUT2D eigenvalue weighted by Crippen LogP contribution is 2.30. The number of rotatable bonds is 0. The van der Waals surface area contributed by atoms with E-state index in [1.54, 1.807) is 0 Å². The second-order valence-electron chi connectivity index (χ2n) is 3.04. The molecule has 0 bridgehead atoms. The lowest BCUT2D eigenvalue weighted by Crippen LogP contribution is -1.95. The molecule has 0 spiro atoms. The fourth-order valence-electron chi connectivity index (χ4n) is 1.50. The molecule has 1 aromatic rings. The molecule has 0 unspecified atom stereocenters. The molecule has 64 valence electrons. The fraction of sp³-hybridized carbons (Fsp3) is 0.400. The molecule has 1 aliphatic heterocycles. The van der Waals surface area contributed by atoms with Crippen LogP contribution in [0.15, 0.2) is 24.3 Å². The van der Waals surface area contributed by atoms with Crippen LogP contribution in [-0.2, 0) is 0 Å². The van der Waals surface area contributed by atoms with E-state index in [-0.39, 0.29) is 6.10 Å². The topological polar surface area (TPSA) is 29.5 Å². The van der Waals surface area contributed by atoms with E-state index in [2.05, 4.69) is 0 Å². The van der Waals surface area contributed by atoms with Crippen molar-refractivity contribution in [3.05, 3.63) is 29.8 Å². The number of hydrogen-bond acceptors (Lipinski definition) is 2. The lowest BCUT2D eigenvalue weighted by atomic mass is 10.1. The molecule has 0 radical (unpaired) electrons. The van der Waals surface area contributed by atoms with Crippen LogP contribution >= 0.6 is 0 Å². The summed E-state index contributed by atoms with van der Waals surface area (Å²) in [6.45, 7) is 0.716. The van der Waals surface area contributed by atoms with Crippen molar-refractivity contribution < 1.29 is 9.84 Å². The third kappa shape index (κ3) is 1.30. The van der Waals surface area contributed by atoms with Crippen molar-refractivity contribution in [3.63, 3.8) is 0 Å². The second-order valence-corrected chi connectivity index (χ2v) is 3.04. The third-order valence-corrected chi connectivity index (χ3v) is 2.16. The zero-order valence-electron chi connectivity index (χ0n) is 6.86. The van der Waals surface area contributed by atoms with E-state index in [0.29, 0.717) is 6.61 Å². The number of aliphatic hydroxyl groups is 1. The van der Waals surface area contributed by atoms with E-state index in [0.717, 1.165) is 24.2 Å². The van der Waals surface area contributed by atoms with Crippen LogP contribution in [-0.4, -0.2) is 11.7 Å². The maximum atomic E-state index is 9.66. The Morgan fingerprint density at radius 3 is 3.08 bits per heavy atom. The highest BCUT2D eigenvalue weighted by molar-refractivity contribution is 5.35. The Kier molecular flexibility index (Phi) is 2.00. The van der Waals surface area contributed by atoms with Crippen LogP contribution in [0.1, 0.15) is 24.5 Å². The zero-order chi connectivity index (χ0) is 8.39. The smallest absolute Gasteiger partial charge is 0.125 e. The van der Waals surface area contributed by atoms with Crippen LogP contribution < -0.4 is 4.74 Å². The largest absolute Gasteiger partial charge is 0.493 e. The van der Waals surface area contributed by atoms with Gasteiger partial charge in [-0.1, -0.05) is 18.2 Å². The molecule has 1 aliphatic rings. The summed E-state index contributed by atoms with van der Waals surface area (Å²) in [7, 11) is 0. The Labute approximate surface area is 71.8 Å². The predicted molar refractivity (Wildman–Crippen MR) is 46.1 cm³/mol. The molecule has 2 heteroatoms. The molecule has 1 atom stereocenters. The Bertz CT molecular complexity index is 270. The van der Waals surface area contributed by atoms with Gasteiger partial charge in [-0.05, 0) is 18.9 Å². The first-order chi connectivity index (χ1) is 5.88. The highest BCUT2D eigenvalue weighted by atomic mass is 16.5. The first-order valence-corrected chi connectivity index (χ1v) is 4.28. The zero-order valence-corrected chi connectivity index (χ0v) is 6.86. The maximum absolute atomic E-state index is 9.66. The molecule has 0 saturated carbocycles. The molecule has 1 aromatic carbocycles. The summed E-state index contributed by atoms with van der Waals surface area (Å²) in [6.07, 6.45) is 1.39. The van der Waals surface area contributed by atoms with Gasteiger partial charge in [0.2, 0.25) is 0 Å². The first kappa shape index (κ1) is 7.62. The minimum atomic E-state index is -0.344. The number of hydrogen-bond donors (Lipinski definition) is 1. The Morgan fingerprint density at radius 2 is 2.17 bits per heavy atom. The van der Waals surface area contributed by atoms with E-state index < -0.39 is 0 Å². The summed E-state index contributed by atoms with van der Waals surface area (Å²) >= 11 is 0. The van der Waals surface area contributed by atoms with Gasteiger partial charge in [0, 0.05) is 5.56 Å². The SMILES string of the molecule is O[C@@H]1CCCOc2ccccc21. The average molecular weight is 164 g/mol. The third-order valence-electron chi connectivity index (χ3n) is 2.16. The molecule has 0 aliphatic carbocycles. The van der Waals surface area contributed by atoms with E-state index in [9.17, 15) is 5.11 Å². The summed E-state index contributed by atoms with van der Waals surface area (Å²) in [4.78, 5) is 0. The molecule has 12 heavy (non-hydrogen) atoms. The normalized spacial score (nSPS) is 22.2. The summed E-state index contributed by atoms with van der Waals surface area (Å²) in [5, 5.41) is 9.66. The Balaban J connectivity index is 2.39. The van der Waals surface area contributed by atoms with Gasteiger partial charge in [-0.3, -0.25) is 0 Å². The van der Waals surface area contributed by atoms with Crippen molar-refractivity contribution in [2.75, 3.05) is 6.61 Å². The van der Waals surface area contributed by atoms with E-state index in [1.807, 2.05) is 24.3 Å². The van der Waals surface area contributed by atoms with Crippen molar-refractivity contribution >= 4 is 0 Å². The maximum Gasteiger partial charge on any atom is 0.125 e. The van der Waals surface area contributed by atoms with E-state index in [1.165, 1.54) is 0 Å². The molecular weight excluding hydrogens is 152 g/mol. The summed E-state index contributed by atoms with van der Waals surface area (Å²) < 4.78 is 5.46. The van der Waals surface area contributed by atoms with Crippen LogP contribution in [0.3, 0.4) is 0 Å². The van der Waals surface area contributed by atoms with Crippen LogP contribution in [0.5, 0.6) is 5.75 Å². The van der Waals surface area contributed by atoms with Gasteiger partial charge >= 0.3 is 0 Å². The Hall–Kier alpha value is -1.02. The first-order valence-electron chi connectivity index (χ1n) is 4.28. The average Bonchev–Trinajstić information content (AvgIpc) is 2.29. The van der Waals surface area contributed by atoms with Crippen molar-refractivity contribution in [1.82, 2.24) is 0 Å². The van der Waals surface area contributed by atoms with Gasteiger partial charge in [0.15, 0.2) is 0 Å². The van der Waals surface area contributed by atoms with E-state index in [4.69, 9.17) is 4.74 Å². The number of benzene rings is 1. The van der Waals surface area contributed by atoms with Gasteiger partial charge in [0.25, 0.3) is 0 Å². The molecule has 0 saturated heterocycles. The summed E-state index contributed by atoms with van der Waals surface area (Å²) in [5.41, 5.74) is 0.926. The van der Waals surface area contributed by atoms with Crippen molar-refractivity contribution in [1.29, 1.82) is 0 Å². The van der Waals surface area contributed by atoms with Gasteiger partial charge in [0.05, 0.1) is 12.7 Å². The summed E-state index contributed by atoms with van der Waals surface area (Å²) in [6, 6.07) is 7.68. The van der Waals surface area contributed by atoms with Gasteiger partial charge in [0.1, 0.15) is 5.75 Å². The minimum absolute atomic E-state index is 0.344. The van der Waals surface area contributed by atoms with Crippen molar-refractivity contribution in [2.24, 2.45) is 0 Å². The standard InChI is InChI=1S/C10H12O2/c11-9-5-3-7-12-10-6-2-1-4-8(9)10/h1-2,4,6,9,11H,3,5,7H2/t9-/m1/s1. The molecule has 1 heterocycles. The fourth-order valence-corrected chi connectivity index (χ4v) is 1.50. The molecule has 0 amide bonds. The quantitative estimate of drug-likeness (QED) is 0.634. The molecule has 2 rings (SSSR count). The van der Waals surface area contributed by atoms with Gasteiger partial charge in [-0.15, -0.1) is 0 Å². The van der Waals surface area contributed by atoms with Crippen LogP contribution in [0.2, 0.25) is 0 Å². The van der Waals surface area contributed by atoms with Gasteiger partial charge in [-0.2, -0.15) is 0 Å². The minimum Gasteiger partial charge on any atom is -0.493 e. The molecule has 2 nitrogen and oxygen atoms in total. The Morgan fingerprint density at radius 1 is 1.33 bits per heavy atom. The number of ether oxygens (including phenoxy) is 1. The van der Waals surface area contributed by atoms with E-state index >= 15 is 0 Å². The second kappa shape index (κ2) is 3.15. The van der Waals surface area contributed by atoms with Crippen LogP contribution in [0.4, 0.5) is 0 Å². The van der Waals surface area contributed by atoms with Gasteiger partial charge in [-0.25, -0.2) is 0 Å². The highest BCUT2D eigenvalue weighted by Gasteiger charge is 2.15. The molecule has 0 fully saturated rings. The van der Waals surface area contributed by atoms with Crippen molar-refractivity contribution in [2.45, 2.75) is 18.9 Å².